The summed E-state index contributed by atoms with van der Waals surface area (Å²) in [6.45, 7) is 3.25. The first-order chi connectivity index (χ1) is 2.64. The predicted molar refractivity (Wildman–Crippen MR) is 26.7 cm³/mol. The Morgan fingerprint density at radius 2 is 2.00 bits per heavy atom. The van der Waals surface area contributed by atoms with Crippen molar-refractivity contribution in [3.05, 3.63) is 10.2 Å². The van der Waals surface area contributed by atoms with Crippen LogP contribution >= 0.6 is 0 Å². The van der Waals surface area contributed by atoms with Gasteiger partial charge in [0.25, 0.3) is 0 Å². The van der Waals surface area contributed by atoms with Gasteiger partial charge in [0.2, 0.25) is 0 Å². The van der Waals surface area contributed by atoms with E-state index in [0.29, 0.717) is 3.59 Å². The van der Waals surface area contributed by atoms with E-state index in [9.17, 15) is 4.79 Å². The van der Waals surface area contributed by atoms with Crippen molar-refractivity contribution in [3.8, 4) is 0 Å². The fraction of sp³-hybridized carbons (Fsp3) is 0. The maximum atomic E-state index is 9.65. The van der Waals surface area contributed by atoms with Crippen LogP contribution in [0.2, 0.25) is 0 Å². The first kappa shape index (κ1) is 6.01. The molecule has 0 bridgehead atoms. The average Bonchev–Trinajstić information content (AvgIpc) is 1.36. The molecule has 3 heteroatoms. The van der Waals surface area contributed by atoms with Crippen molar-refractivity contribution in [2.75, 3.05) is 0 Å². The Bertz CT molecular complexity index is 74.8. The van der Waals surface area contributed by atoms with E-state index in [1.165, 1.54) is 0 Å². The monoisotopic (exact) mass is 194 g/mol. The Kier molecular flexibility index (Phi) is 2.23. The third-order valence-corrected chi connectivity index (χ3v) is 1.59. The van der Waals surface area contributed by atoms with Crippen LogP contribution in [-0.2, 0) is 4.79 Å². The molecule has 0 fully saturated rings. The van der Waals surface area contributed by atoms with Gasteiger partial charge >= 0.3 is 48.6 Å². The van der Waals surface area contributed by atoms with E-state index >= 15 is 0 Å². The topological polar surface area (TPSA) is 37.3 Å². The molecule has 34 valence electrons. The molecule has 0 saturated heterocycles. The van der Waals surface area contributed by atoms with Crippen LogP contribution in [0.4, 0.5) is 0 Å². The van der Waals surface area contributed by atoms with Crippen LogP contribution in [0.5, 0.6) is 0 Å². The summed E-state index contributed by atoms with van der Waals surface area (Å²) in [5, 5.41) is 7.94. The summed E-state index contributed by atoms with van der Waals surface area (Å²) >= 11 is 0.105. The van der Waals surface area contributed by atoms with Crippen molar-refractivity contribution in [2.45, 2.75) is 0 Å². The zero-order valence-corrected chi connectivity index (χ0v) is 9.27. The van der Waals surface area contributed by atoms with Crippen molar-refractivity contribution in [1.82, 2.24) is 0 Å². The molecule has 1 N–H and O–H groups in total. The molecule has 0 unspecified atom stereocenters. The number of carboxylic acid groups (broad SMARTS) is 1. The Morgan fingerprint density at radius 1 is 1.83 bits per heavy atom. The van der Waals surface area contributed by atoms with Gasteiger partial charge in [-0.1, -0.05) is 0 Å². The second kappa shape index (κ2) is 2.23. The van der Waals surface area contributed by atoms with E-state index in [0.717, 1.165) is 0 Å². The Balaban J connectivity index is 3.57. The summed E-state index contributed by atoms with van der Waals surface area (Å²) in [7, 11) is 0. The van der Waals surface area contributed by atoms with Crippen LogP contribution in [-0.4, -0.2) is 33.6 Å². The van der Waals surface area contributed by atoms with Crippen molar-refractivity contribution in [1.29, 1.82) is 0 Å². The Hall–Kier alpha value is 0.00870. The molecule has 0 amide bonds. The first-order valence-electron chi connectivity index (χ1n) is 1.53. The summed E-state index contributed by atoms with van der Waals surface area (Å²) in [5.41, 5.74) is 0. The average molecular weight is 193 g/mol. The van der Waals surface area contributed by atoms with E-state index in [4.69, 9.17) is 5.11 Å². The molecule has 6 heavy (non-hydrogen) atoms. The third-order valence-electron chi connectivity index (χ3n) is 0.365. The summed E-state index contributed by atoms with van der Waals surface area (Å²) in [5.74, 6) is -0.842. The van der Waals surface area contributed by atoms with Crippen molar-refractivity contribution < 1.29 is 9.90 Å². The molecular weight excluding hydrogens is 187 g/mol. The second-order valence-corrected chi connectivity index (χ2v) is 4.53. The molecule has 0 radical (unpaired) electrons. The van der Waals surface area contributed by atoms with Crippen LogP contribution in [0.15, 0.2) is 10.2 Å². The minimum atomic E-state index is -0.842. The zero-order chi connectivity index (χ0) is 5.15. The molecule has 0 aromatic rings. The van der Waals surface area contributed by atoms with Gasteiger partial charge in [0.15, 0.2) is 0 Å². The first-order valence-corrected chi connectivity index (χ1v) is 4.39. The SMILES string of the molecule is C=[C]([SnH3])C(=O)O. The standard InChI is InChI=1S/C3H3O2.Sn.3H/c1-2-3(4)5;;;;/h1H2,(H,4,5);;;;. The quantitative estimate of drug-likeness (QED) is 0.426. The summed E-state index contributed by atoms with van der Waals surface area (Å²) in [6, 6.07) is 0. The molecule has 0 aliphatic carbocycles. The normalized spacial score (nSPS) is 8.00. The van der Waals surface area contributed by atoms with E-state index in [1.807, 2.05) is 0 Å². The summed E-state index contributed by atoms with van der Waals surface area (Å²) in [4.78, 5) is 9.65. The van der Waals surface area contributed by atoms with Gasteiger partial charge in [0.05, 0.1) is 0 Å². The third kappa shape index (κ3) is 2.26. The molecule has 0 saturated carbocycles. The van der Waals surface area contributed by atoms with Gasteiger partial charge in [0.1, 0.15) is 0 Å². The van der Waals surface area contributed by atoms with E-state index in [-0.39, 0.29) is 22.5 Å². The van der Waals surface area contributed by atoms with Crippen LogP contribution < -0.4 is 0 Å². The van der Waals surface area contributed by atoms with E-state index in [1.54, 1.807) is 0 Å². The van der Waals surface area contributed by atoms with Crippen LogP contribution in [0.3, 0.4) is 0 Å². The number of rotatable bonds is 1. The van der Waals surface area contributed by atoms with Crippen molar-refractivity contribution >= 4 is 28.5 Å². The van der Waals surface area contributed by atoms with E-state index in [2.05, 4.69) is 6.58 Å². The molecular formula is C3H6O2Sn. The number of carbonyl (C=O) groups is 1. The number of hydrogen-bond acceptors (Lipinski definition) is 1. The molecule has 0 aliphatic heterocycles. The number of aliphatic carboxylic acids is 1. The zero-order valence-electron chi connectivity index (χ0n) is 3.56. The molecule has 0 spiro atoms. The van der Waals surface area contributed by atoms with Gasteiger partial charge in [-0.2, -0.15) is 0 Å². The van der Waals surface area contributed by atoms with Crippen LogP contribution in [0, 0.1) is 0 Å². The van der Waals surface area contributed by atoms with Gasteiger partial charge in [-0.15, -0.1) is 0 Å². The van der Waals surface area contributed by atoms with Gasteiger partial charge in [-0.3, -0.25) is 0 Å². The fourth-order valence-corrected chi connectivity index (χ4v) is 0. The van der Waals surface area contributed by atoms with Gasteiger partial charge < -0.3 is 0 Å². The fourth-order valence-electron chi connectivity index (χ4n) is 0. The molecule has 0 rings (SSSR count). The molecule has 0 aromatic heterocycles. The molecule has 0 aliphatic rings. The predicted octanol–water partition coefficient (Wildman–Crippen LogP) is -1.05. The Morgan fingerprint density at radius 3 is 2.00 bits per heavy atom. The molecule has 0 aromatic carbocycles. The van der Waals surface area contributed by atoms with E-state index < -0.39 is 5.97 Å². The number of carboxylic acids is 1. The summed E-state index contributed by atoms with van der Waals surface area (Å²) in [6.07, 6.45) is 0. The Labute approximate surface area is 48.9 Å². The number of hydrogen-bond donors (Lipinski definition) is 1. The molecule has 2 nitrogen and oxygen atoms in total. The minimum absolute atomic E-state index is 0.105. The summed E-state index contributed by atoms with van der Waals surface area (Å²) < 4.78 is 0.386. The van der Waals surface area contributed by atoms with Gasteiger partial charge in [-0.25, -0.2) is 0 Å². The van der Waals surface area contributed by atoms with Gasteiger partial charge in [0, 0.05) is 0 Å². The van der Waals surface area contributed by atoms with Crippen LogP contribution in [0.1, 0.15) is 0 Å². The van der Waals surface area contributed by atoms with Crippen molar-refractivity contribution in [2.24, 2.45) is 0 Å². The van der Waals surface area contributed by atoms with Gasteiger partial charge in [-0.05, 0) is 0 Å². The molecule has 0 heterocycles. The van der Waals surface area contributed by atoms with Crippen molar-refractivity contribution in [3.63, 3.8) is 0 Å². The molecule has 0 atom stereocenters. The second-order valence-electron chi connectivity index (χ2n) is 1.09. The maximum absolute atomic E-state index is 9.65. The van der Waals surface area contributed by atoms with Crippen LogP contribution in [0.25, 0.3) is 0 Å².